The van der Waals surface area contributed by atoms with Crippen LogP contribution in [-0.2, 0) is 4.79 Å². The fourth-order valence-corrected chi connectivity index (χ4v) is 2.58. The maximum absolute atomic E-state index is 11.9. The number of rotatable bonds is 6. The number of amides is 1. The van der Waals surface area contributed by atoms with E-state index in [0.717, 1.165) is 12.7 Å². The Bertz CT molecular complexity index is 484. The molecule has 0 radical (unpaired) electrons. The molecule has 0 saturated carbocycles. The van der Waals surface area contributed by atoms with E-state index in [1.807, 2.05) is 13.8 Å². The second-order valence-electron chi connectivity index (χ2n) is 7.15. The lowest BCUT2D eigenvalue weighted by atomic mass is 9.82. The minimum absolute atomic E-state index is 0.0337. The van der Waals surface area contributed by atoms with Crippen LogP contribution in [-0.4, -0.2) is 24.3 Å². The van der Waals surface area contributed by atoms with Crippen LogP contribution in [0.5, 0.6) is 5.75 Å². The quantitative estimate of drug-likeness (QED) is 0.819. The molecule has 1 N–H and O–H groups in total. The van der Waals surface area contributed by atoms with Gasteiger partial charge < -0.3 is 10.1 Å². The van der Waals surface area contributed by atoms with Gasteiger partial charge in [0.05, 0.1) is 0 Å². The number of carbonyl (C=O) groups is 2. The summed E-state index contributed by atoms with van der Waals surface area (Å²) in [5, 5.41) is 2.99. The third-order valence-electron chi connectivity index (χ3n) is 2.84. The first kappa shape index (κ1) is 17.2. The second-order valence-corrected chi connectivity index (χ2v) is 7.15. The number of hydrogen-bond donors (Lipinski definition) is 1. The normalized spacial score (nSPS) is 11.9. The highest BCUT2D eigenvalue weighted by molar-refractivity contribution is 5.78. The van der Waals surface area contributed by atoms with E-state index in [4.69, 9.17) is 4.74 Å². The largest absolute Gasteiger partial charge is 0.484 e. The van der Waals surface area contributed by atoms with Crippen molar-refractivity contribution < 1.29 is 14.3 Å². The maximum atomic E-state index is 11.9. The highest BCUT2D eigenvalue weighted by Gasteiger charge is 2.26. The molecule has 0 aliphatic carbocycles. The van der Waals surface area contributed by atoms with Gasteiger partial charge in [0.1, 0.15) is 12.0 Å². The standard InChI is InChI=1S/C17H25NO3/c1-16(2,3)12-17(4,5)18-15(20)11-21-14-8-6-13(10-19)7-9-14/h6-10H,11-12H2,1-5H3,(H,18,20). The monoisotopic (exact) mass is 291 g/mol. The molecule has 0 heterocycles. The zero-order chi connectivity index (χ0) is 16.1. The van der Waals surface area contributed by atoms with Crippen LogP contribution in [0.1, 0.15) is 51.4 Å². The van der Waals surface area contributed by atoms with Gasteiger partial charge in [-0.05, 0) is 49.9 Å². The van der Waals surface area contributed by atoms with Gasteiger partial charge in [-0.25, -0.2) is 0 Å². The lowest BCUT2D eigenvalue weighted by Gasteiger charge is -2.33. The van der Waals surface area contributed by atoms with Crippen LogP contribution in [0.4, 0.5) is 0 Å². The molecule has 4 nitrogen and oxygen atoms in total. The molecule has 0 atom stereocenters. The molecule has 0 aliphatic rings. The lowest BCUT2D eigenvalue weighted by Crippen LogP contribution is -2.47. The van der Waals surface area contributed by atoms with Crippen LogP contribution in [0.2, 0.25) is 0 Å². The number of carbonyl (C=O) groups excluding carboxylic acids is 2. The molecule has 21 heavy (non-hydrogen) atoms. The molecule has 1 amide bonds. The molecule has 1 rings (SSSR count). The Morgan fingerprint density at radius 1 is 1.14 bits per heavy atom. The number of aldehydes is 1. The predicted molar refractivity (Wildman–Crippen MR) is 83.6 cm³/mol. The van der Waals surface area contributed by atoms with Crippen LogP contribution in [0.25, 0.3) is 0 Å². The molecule has 1 aromatic rings. The third-order valence-corrected chi connectivity index (χ3v) is 2.84. The summed E-state index contributed by atoms with van der Waals surface area (Å²) in [5.41, 5.74) is 0.445. The molecule has 0 aliphatic heterocycles. The molecule has 0 fully saturated rings. The highest BCUT2D eigenvalue weighted by Crippen LogP contribution is 2.26. The van der Waals surface area contributed by atoms with Crippen LogP contribution < -0.4 is 10.1 Å². The first-order valence-corrected chi connectivity index (χ1v) is 7.10. The summed E-state index contributed by atoms with van der Waals surface area (Å²) >= 11 is 0. The summed E-state index contributed by atoms with van der Waals surface area (Å²) in [5.74, 6) is 0.424. The zero-order valence-electron chi connectivity index (χ0n) is 13.5. The summed E-state index contributed by atoms with van der Waals surface area (Å²) in [6.07, 6.45) is 1.64. The first-order chi connectivity index (χ1) is 9.61. The average molecular weight is 291 g/mol. The van der Waals surface area contributed by atoms with Gasteiger partial charge in [0.2, 0.25) is 0 Å². The van der Waals surface area contributed by atoms with Crippen molar-refractivity contribution >= 4 is 12.2 Å². The predicted octanol–water partition coefficient (Wildman–Crippen LogP) is 3.21. The van der Waals surface area contributed by atoms with E-state index in [-0.39, 0.29) is 23.5 Å². The SMILES string of the molecule is CC(C)(C)CC(C)(C)NC(=O)COc1ccc(C=O)cc1. The van der Waals surface area contributed by atoms with E-state index in [1.54, 1.807) is 24.3 Å². The van der Waals surface area contributed by atoms with Gasteiger partial charge in [0.15, 0.2) is 6.61 Å². The Balaban J connectivity index is 2.48. The maximum Gasteiger partial charge on any atom is 0.258 e. The van der Waals surface area contributed by atoms with Gasteiger partial charge in [0.25, 0.3) is 5.91 Å². The summed E-state index contributed by atoms with van der Waals surface area (Å²) < 4.78 is 5.42. The van der Waals surface area contributed by atoms with Gasteiger partial charge in [-0.15, -0.1) is 0 Å². The van der Waals surface area contributed by atoms with Crippen LogP contribution in [0.15, 0.2) is 24.3 Å². The van der Waals surface area contributed by atoms with Crippen molar-refractivity contribution in [3.63, 3.8) is 0 Å². The number of benzene rings is 1. The molecule has 0 unspecified atom stereocenters. The Kier molecular flexibility index (Phi) is 5.53. The van der Waals surface area contributed by atoms with Crippen molar-refractivity contribution in [2.75, 3.05) is 6.61 Å². The molecular formula is C17H25NO3. The summed E-state index contributed by atoms with van der Waals surface area (Å²) in [6, 6.07) is 6.67. The van der Waals surface area contributed by atoms with Crippen LogP contribution >= 0.6 is 0 Å². The van der Waals surface area contributed by atoms with Gasteiger partial charge in [0, 0.05) is 11.1 Å². The molecule has 116 valence electrons. The number of nitrogens with one attached hydrogen (secondary N) is 1. The minimum Gasteiger partial charge on any atom is -0.484 e. The Hall–Kier alpha value is -1.84. The van der Waals surface area contributed by atoms with Crippen molar-refractivity contribution in [1.29, 1.82) is 0 Å². The van der Waals surface area contributed by atoms with E-state index < -0.39 is 0 Å². The smallest absolute Gasteiger partial charge is 0.258 e. The number of hydrogen-bond acceptors (Lipinski definition) is 3. The molecule has 0 aromatic heterocycles. The van der Waals surface area contributed by atoms with E-state index in [9.17, 15) is 9.59 Å². The van der Waals surface area contributed by atoms with Crippen molar-refractivity contribution in [2.45, 2.75) is 46.6 Å². The van der Waals surface area contributed by atoms with Crippen LogP contribution in [0, 0.1) is 5.41 Å². The van der Waals surface area contributed by atoms with Crippen LogP contribution in [0.3, 0.4) is 0 Å². The van der Waals surface area contributed by atoms with Gasteiger partial charge in [-0.3, -0.25) is 9.59 Å². The fraction of sp³-hybridized carbons (Fsp3) is 0.529. The highest BCUT2D eigenvalue weighted by atomic mass is 16.5. The van der Waals surface area contributed by atoms with E-state index in [0.29, 0.717) is 11.3 Å². The first-order valence-electron chi connectivity index (χ1n) is 7.10. The summed E-state index contributed by atoms with van der Waals surface area (Å²) in [7, 11) is 0. The number of ether oxygens (including phenoxy) is 1. The zero-order valence-corrected chi connectivity index (χ0v) is 13.5. The average Bonchev–Trinajstić information content (AvgIpc) is 2.33. The van der Waals surface area contributed by atoms with Gasteiger partial charge in [-0.2, -0.15) is 0 Å². The van der Waals surface area contributed by atoms with Gasteiger partial charge in [-0.1, -0.05) is 20.8 Å². The topological polar surface area (TPSA) is 55.4 Å². The molecule has 0 spiro atoms. The lowest BCUT2D eigenvalue weighted by molar-refractivity contribution is -0.125. The Morgan fingerprint density at radius 2 is 1.71 bits per heavy atom. The molecule has 0 saturated heterocycles. The van der Waals surface area contributed by atoms with E-state index in [1.165, 1.54) is 0 Å². The van der Waals surface area contributed by atoms with Crippen molar-refractivity contribution in [2.24, 2.45) is 5.41 Å². The van der Waals surface area contributed by atoms with Crippen molar-refractivity contribution in [3.8, 4) is 5.75 Å². The molecular weight excluding hydrogens is 266 g/mol. The molecule has 1 aromatic carbocycles. The molecule has 0 bridgehead atoms. The summed E-state index contributed by atoms with van der Waals surface area (Å²) in [4.78, 5) is 22.5. The summed E-state index contributed by atoms with van der Waals surface area (Å²) in [6.45, 7) is 10.4. The van der Waals surface area contributed by atoms with Crippen molar-refractivity contribution in [3.05, 3.63) is 29.8 Å². The Morgan fingerprint density at radius 3 is 2.19 bits per heavy atom. The second kappa shape index (κ2) is 6.74. The van der Waals surface area contributed by atoms with Crippen molar-refractivity contribution in [1.82, 2.24) is 5.32 Å². The molecule has 4 heteroatoms. The van der Waals surface area contributed by atoms with E-state index >= 15 is 0 Å². The van der Waals surface area contributed by atoms with E-state index in [2.05, 4.69) is 26.1 Å². The third kappa shape index (κ3) is 6.93. The van der Waals surface area contributed by atoms with Gasteiger partial charge >= 0.3 is 0 Å². The fourth-order valence-electron chi connectivity index (χ4n) is 2.58. The Labute approximate surface area is 126 Å². The minimum atomic E-state index is -0.278.